The van der Waals surface area contributed by atoms with Gasteiger partial charge in [-0.2, -0.15) is 4.72 Å². The van der Waals surface area contributed by atoms with E-state index in [1.54, 1.807) is 17.0 Å². The molecule has 1 saturated heterocycles. The van der Waals surface area contributed by atoms with Crippen LogP contribution in [0, 0.1) is 5.92 Å². The number of amides is 1. The van der Waals surface area contributed by atoms with Crippen LogP contribution in [0.5, 0.6) is 0 Å². The first-order valence-corrected chi connectivity index (χ1v) is 11.8. The van der Waals surface area contributed by atoms with Gasteiger partial charge in [0.1, 0.15) is 10.9 Å². The zero-order valence-electron chi connectivity index (χ0n) is 16.6. The van der Waals surface area contributed by atoms with Crippen molar-refractivity contribution >= 4 is 27.5 Å². The van der Waals surface area contributed by atoms with E-state index < -0.39 is 16.1 Å². The second-order valence-electron chi connectivity index (χ2n) is 7.64. The number of nitrogens with zero attached hydrogens (tertiary/aromatic N) is 1. The Morgan fingerprint density at radius 2 is 1.72 bits per heavy atom. The van der Waals surface area contributed by atoms with Gasteiger partial charge in [0.15, 0.2) is 0 Å². The topological polar surface area (TPSA) is 66.5 Å². The highest BCUT2D eigenvalue weighted by Crippen LogP contribution is 2.22. The minimum absolute atomic E-state index is 0.00792. The lowest BCUT2D eigenvalue weighted by molar-refractivity contribution is -0.134. The molecule has 0 aliphatic carbocycles. The number of rotatable bonds is 7. The molecule has 0 saturated carbocycles. The van der Waals surface area contributed by atoms with Crippen molar-refractivity contribution in [3.63, 3.8) is 0 Å². The zero-order valence-corrected chi connectivity index (χ0v) is 18.1. The van der Waals surface area contributed by atoms with Crippen LogP contribution in [0.15, 0.2) is 59.5 Å². The molecule has 3 rings (SSSR count). The highest BCUT2D eigenvalue weighted by molar-refractivity contribution is 7.89. The van der Waals surface area contributed by atoms with Crippen LogP contribution in [0.3, 0.4) is 0 Å². The Kier molecular flexibility index (Phi) is 7.33. The summed E-state index contributed by atoms with van der Waals surface area (Å²) in [6.07, 6.45) is 2.87. The van der Waals surface area contributed by atoms with Crippen molar-refractivity contribution in [1.82, 2.24) is 9.62 Å². The third-order valence-electron chi connectivity index (χ3n) is 5.38. The normalized spacial score (nSPS) is 16.6. The van der Waals surface area contributed by atoms with Gasteiger partial charge in [-0.05, 0) is 49.3 Å². The first-order valence-electron chi connectivity index (χ1n) is 9.96. The zero-order chi connectivity index (χ0) is 20.9. The van der Waals surface area contributed by atoms with Gasteiger partial charge in [-0.15, -0.1) is 0 Å². The van der Waals surface area contributed by atoms with E-state index in [1.165, 1.54) is 12.1 Å². The maximum Gasteiger partial charge on any atom is 0.242 e. The molecule has 156 valence electrons. The molecule has 1 aliphatic heterocycles. The summed E-state index contributed by atoms with van der Waals surface area (Å²) in [5.74, 6) is 0.421. The molecular weight excluding hydrogens is 408 g/mol. The number of benzene rings is 2. The average molecular weight is 435 g/mol. The molecule has 7 heteroatoms. The van der Waals surface area contributed by atoms with Gasteiger partial charge >= 0.3 is 0 Å². The van der Waals surface area contributed by atoms with Gasteiger partial charge in [0.05, 0.1) is 5.02 Å². The number of halogens is 1. The van der Waals surface area contributed by atoms with Crippen LogP contribution in [-0.4, -0.2) is 38.4 Å². The summed E-state index contributed by atoms with van der Waals surface area (Å²) in [5, 5.41) is 0.140. The number of hydrogen-bond donors (Lipinski definition) is 1. The van der Waals surface area contributed by atoms with Gasteiger partial charge < -0.3 is 4.90 Å². The highest BCUT2D eigenvalue weighted by Gasteiger charge is 2.31. The van der Waals surface area contributed by atoms with Gasteiger partial charge in [-0.25, -0.2) is 8.42 Å². The average Bonchev–Trinajstić information content (AvgIpc) is 2.72. The van der Waals surface area contributed by atoms with E-state index in [-0.39, 0.29) is 15.8 Å². The Hall–Kier alpha value is -1.89. The number of aryl methyl sites for hydroxylation is 1. The third kappa shape index (κ3) is 5.81. The second-order valence-corrected chi connectivity index (χ2v) is 9.73. The highest BCUT2D eigenvalue weighted by atomic mass is 35.5. The van der Waals surface area contributed by atoms with Crippen LogP contribution in [-0.2, 0) is 21.2 Å². The maximum atomic E-state index is 13.2. The van der Waals surface area contributed by atoms with Crippen LogP contribution < -0.4 is 4.72 Å². The molecule has 5 nitrogen and oxygen atoms in total. The molecule has 0 bridgehead atoms. The molecule has 2 aromatic rings. The smallest absolute Gasteiger partial charge is 0.242 e. The van der Waals surface area contributed by atoms with Gasteiger partial charge in [-0.1, -0.05) is 61.0 Å². The Morgan fingerprint density at radius 3 is 2.38 bits per heavy atom. The Morgan fingerprint density at radius 1 is 1.10 bits per heavy atom. The molecule has 29 heavy (non-hydrogen) atoms. The second kappa shape index (κ2) is 9.74. The molecule has 0 aromatic heterocycles. The van der Waals surface area contributed by atoms with E-state index in [1.807, 2.05) is 30.3 Å². The first kappa shape index (κ1) is 21.8. The Labute approximate surface area is 178 Å². The monoisotopic (exact) mass is 434 g/mol. The fourth-order valence-corrected chi connectivity index (χ4v) is 5.29. The van der Waals surface area contributed by atoms with Crippen molar-refractivity contribution in [2.75, 3.05) is 13.1 Å². The Balaban J connectivity index is 1.79. The van der Waals surface area contributed by atoms with Gasteiger partial charge in [-0.3, -0.25) is 4.79 Å². The number of hydrogen-bond acceptors (Lipinski definition) is 3. The molecule has 1 fully saturated rings. The number of piperidine rings is 1. The SMILES string of the molecule is CC1CCN(C(=O)C(CCc2ccccc2)NS(=O)(=O)c2ccccc2Cl)CC1. The van der Waals surface area contributed by atoms with Crippen molar-refractivity contribution in [3.05, 3.63) is 65.2 Å². The molecule has 1 N–H and O–H groups in total. The molecule has 0 radical (unpaired) electrons. The fraction of sp³-hybridized carbons (Fsp3) is 0.409. The molecule has 1 atom stereocenters. The summed E-state index contributed by atoms with van der Waals surface area (Å²) in [6, 6.07) is 15.2. The number of nitrogens with one attached hydrogen (secondary N) is 1. The van der Waals surface area contributed by atoms with Gasteiger partial charge in [0.2, 0.25) is 15.9 Å². The standard InChI is InChI=1S/C22H27ClN2O3S/c1-17-13-15-25(16-14-17)22(26)20(12-11-18-7-3-2-4-8-18)24-29(27,28)21-10-6-5-9-19(21)23/h2-10,17,20,24H,11-16H2,1H3. The van der Waals surface area contributed by atoms with E-state index in [0.29, 0.717) is 31.8 Å². The summed E-state index contributed by atoms with van der Waals surface area (Å²) in [6.45, 7) is 3.50. The van der Waals surface area contributed by atoms with Crippen molar-refractivity contribution in [2.24, 2.45) is 5.92 Å². The largest absolute Gasteiger partial charge is 0.341 e. The third-order valence-corrected chi connectivity index (χ3v) is 7.35. The van der Waals surface area contributed by atoms with Crippen LogP contribution in [0.2, 0.25) is 5.02 Å². The summed E-state index contributed by atoms with van der Waals surface area (Å²) < 4.78 is 28.5. The molecule has 2 aromatic carbocycles. The van der Waals surface area contributed by atoms with Crippen molar-refractivity contribution < 1.29 is 13.2 Å². The number of sulfonamides is 1. The van der Waals surface area contributed by atoms with E-state index in [9.17, 15) is 13.2 Å². The number of likely N-dealkylation sites (tertiary alicyclic amines) is 1. The maximum absolute atomic E-state index is 13.2. The van der Waals surface area contributed by atoms with Crippen molar-refractivity contribution in [2.45, 2.75) is 43.5 Å². The van der Waals surface area contributed by atoms with Crippen LogP contribution >= 0.6 is 11.6 Å². The lowest BCUT2D eigenvalue weighted by Gasteiger charge is -2.33. The van der Waals surface area contributed by atoms with Gasteiger partial charge in [0.25, 0.3) is 0 Å². The minimum atomic E-state index is -3.92. The van der Waals surface area contributed by atoms with Crippen molar-refractivity contribution in [1.29, 1.82) is 0 Å². The van der Waals surface area contributed by atoms with Crippen LogP contribution in [0.1, 0.15) is 31.7 Å². The minimum Gasteiger partial charge on any atom is -0.341 e. The lowest BCUT2D eigenvalue weighted by Crippen LogP contribution is -2.50. The summed E-state index contributed by atoms with van der Waals surface area (Å²) >= 11 is 6.09. The van der Waals surface area contributed by atoms with E-state index in [4.69, 9.17) is 11.6 Å². The fourth-order valence-electron chi connectivity index (χ4n) is 3.55. The molecule has 1 amide bonds. The van der Waals surface area contributed by atoms with Gasteiger partial charge in [0, 0.05) is 13.1 Å². The van der Waals surface area contributed by atoms with Crippen LogP contribution in [0.4, 0.5) is 0 Å². The summed E-state index contributed by atoms with van der Waals surface area (Å²) in [7, 11) is -3.92. The molecule has 0 spiro atoms. The first-order chi connectivity index (χ1) is 13.9. The van der Waals surface area contributed by atoms with Crippen molar-refractivity contribution in [3.8, 4) is 0 Å². The molecule has 1 aliphatic rings. The molecule has 1 heterocycles. The molecular formula is C22H27ClN2O3S. The Bertz CT molecular complexity index is 926. The van der Waals surface area contributed by atoms with Crippen LogP contribution in [0.25, 0.3) is 0 Å². The number of carbonyl (C=O) groups excluding carboxylic acids is 1. The quantitative estimate of drug-likeness (QED) is 0.719. The van der Waals surface area contributed by atoms with E-state index >= 15 is 0 Å². The predicted octanol–water partition coefficient (Wildman–Crippen LogP) is 3.88. The van der Waals surface area contributed by atoms with E-state index in [0.717, 1.165) is 18.4 Å². The summed E-state index contributed by atoms with van der Waals surface area (Å²) in [4.78, 5) is 15.0. The summed E-state index contributed by atoms with van der Waals surface area (Å²) in [5.41, 5.74) is 1.06. The van der Waals surface area contributed by atoms with E-state index in [2.05, 4.69) is 11.6 Å². The molecule has 1 unspecified atom stereocenters. The predicted molar refractivity (Wildman–Crippen MR) is 115 cm³/mol. The number of carbonyl (C=O) groups is 1. The lowest BCUT2D eigenvalue weighted by atomic mass is 9.98.